The highest BCUT2D eigenvalue weighted by Gasteiger charge is 2.26. The third-order valence-electron chi connectivity index (χ3n) is 2.58. The summed E-state index contributed by atoms with van der Waals surface area (Å²) in [6.45, 7) is -1.53. The van der Waals surface area contributed by atoms with Gasteiger partial charge in [0.25, 0.3) is 0 Å². The molecule has 0 spiro atoms. The predicted molar refractivity (Wildman–Crippen MR) is 69.0 cm³/mol. The summed E-state index contributed by atoms with van der Waals surface area (Å²) in [6.07, 6.45) is -4.08. The van der Waals surface area contributed by atoms with Crippen LogP contribution < -0.4 is 10.6 Å². The molecule has 1 aromatic carbocycles. The van der Waals surface area contributed by atoms with Crippen LogP contribution in [0.15, 0.2) is 24.3 Å². The fourth-order valence-corrected chi connectivity index (χ4v) is 1.66. The number of amides is 1. The van der Waals surface area contributed by atoms with Gasteiger partial charge in [-0.25, -0.2) is 4.79 Å². The minimum Gasteiger partial charge on any atom is -0.478 e. The maximum absolute atomic E-state index is 11.8. The molecular weight excluding hydrogens is 289 g/mol. The number of carboxylic acid groups (broad SMARTS) is 1. The molecule has 0 unspecified atom stereocenters. The van der Waals surface area contributed by atoms with Crippen LogP contribution in [0.1, 0.15) is 15.9 Å². The van der Waals surface area contributed by atoms with E-state index < -0.39 is 31.1 Å². The SMILES string of the molecule is O=C(CNCC(F)(F)F)NCCc1ccccc1C(=O)O. The number of nitrogens with one attached hydrogen (secondary N) is 2. The molecule has 1 amide bonds. The Kier molecular flexibility index (Phi) is 6.16. The van der Waals surface area contributed by atoms with Gasteiger partial charge in [-0.3, -0.25) is 4.79 Å². The van der Waals surface area contributed by atoms with Crippen LogP contribution in [0.5, 0.6) is 0 Å². The summed E-state index contributed by atoms with van der Waals surface area (Å²) in [4.78, 5) is 22.2. The van der Waals surface area contributed by atoms with Gasteiger partial charge in [0.2, 0.25) is 5.91 Å². The summed E-state index contributed by atoms with van der Waals surface area (Å²) in [7, 11) is 0. The quantitative estimate of drug-likeness (QED) is 0.707. The molecule has 0 aromatic heterocycles. The highest BCUT2D eigenvalue weighted by molar-refractivity contribution is 5.89. The summed E-state index contributed by atoms with van der Waals surface area (Å²) in [5.74, 6) is -1.64. The van der Waals surface area contributed by atoms with Crippen LogP contribution in [-0.2, 0) is 11.2 Å². The van der Waals surface area contributed by atoms with Gasteiger partial charge in [0.15, 0.2) is 0 Å². The molecule has 1 aromatic rings. The Morgan fingerprint density at radius 3 is 2.48 bits per heavy atom. The minimum atomic E-state index is -4.36. The topological polar surface area (TPSA) is 78.4 Å². The van der Waals surface area contributed by atoms with Crippen molar-refractivity contribution in [1.29, 1.82) is 0 Å². The van der Waals surface area contributed by atoms with Crippen molar-refractivity contribution in [3.8, 4) is 0 Å². The number of hydrogen-bond acceptors (Lipinski definition) is 3. The molecule has 1 rings (SSSR count). The summed E-state index contributed by atoms with van der Waals surface area (Å²) in [5, 5.41) is 13.4. The van der Waals surface area contributed by atoms with Gasteiger partial charge < -0.3 is 15.7 Å². The molecule has 5 nitrogen and oxygen atoms in total. The van der Waals surface area contributed by atoms with Crippen molar-refractivity contribution in [2.24, 2.45) is 0 Å². The zero-order valence-electron chi connectivity index (χ0n) is 11.0. The van der Waals surface area contributed by atoms with Crippen molar-refractivity contribution < 1.29 is 27.9 Å². The van der Waals surface area contributed by atoms with Crippen molar-refractivity contribution in [2.75, 3.05) is 19.6 Å². The van der Waals surface area contributed by atoms with Crippen molar-refractivity contribution >= 4 is 11.9 Å². The predicted octanol–water partition coefficient (Wildman–Crippen LogP) is 1.20. The number of halogens is 3. The number of rotatable bonds is 7. The molecule has 0 aliphatic rings. The van der Waals surface area contributed by atoms with Crippen LogP contribution in [0.4, 0.5) is 13.2 Å². The molecule has 116 valence electrons. The highest BCUT2D eigenvalue weighted by Crippen LogP contribution is 2.11. The summed E-state index contributed by atoms with van der Waals surface area (Å²) in [6, 6.07) is 6.34. The van der Waals surface area contributed by atoms with Gasteiger partial charge >= 0.3 is 12.1 Å². The largest absolute Gasteiger partial charge is 0.478 e. The second-order valence-electron chi connectivity index (χ2n) is 4.28. The normalized spacial score (nSPS) is 11.2. The van der Waals surface area contributed by atoms with Crippen LogP contribution in [0.3, 0.4) is 0 Å². The lowest BCUT2D eigenvalue weighted by molar-refractivity contribution is -0.128. The van der Waals surface area contributed by atoms with E-state index in [1.165, 1.54) is 6.07 Å². The second-order valence-corrected chi connectivity index (χ2v) is 4.28. The summed E-state index contributed by atoms with van der Waals surface area (Å²) >= 11 is 0. The van der Waals surface area contributed by atoms with Crippen LogP contribution in [0, 0.1) is 0 Å². The Bertz CT molecular complexity index is 504. The zero-order valence-corrected chi connectivity index (χ0v) is 11.0. The molecule has 0 heterocycles. The van der Waals surface area contributed by atoms with Crippen LogP contribution >= 0.6 is 0 Å². The van der Waals surface area contributed by atoms with E-state index in [-0.39, 0.29) is 18.5 Å². The van der Waals surface area contributed by atoms with Gasteiger partial charge in [-0.05, 0) is 18.1 Å². The molecule has 0 aliphatic heterocycles. The maximum atomic E-state index is 11.8. The molecule has 8 heteroatoms. The first-order chi connectivity index (χ1) is 9.79. The van der Waals surface area contributed by atoms with E-state index in [0.29, 0.717) is 5.56 Å². The number of carbonyl (C=O) groups excluding carboxylic acids is 1. The van der Waals surface area contributed by atoms with Gasteiger partial charge in [0.05, 0.1) is 18.7 Å². The maximum Gasteiger partial charge on any atom is 0.401 e. The molecule has 0 saturated heterocycles. The summed E-state index contributed by atoms with van der Waals surface area (Å²) in [5.41, 5.74) is 0.690. The lowest BCUT2D eigenvalue weighted by Gasteiger charge is -2.09. The first kappa shape index (κ1) is 17.0. The van der Waals surface area contributed by atoms with Crippen molar-refractivity contribution in [1.82, 2.24) is 10.6 Å². The molecule has 0 bridgehead atoms. The van der Waals surface area contributed by atoms with E-state index in [4.69, 9.17) is 5.11 Å². The van der Waals surface area contributed by atoms with Crippen LogP contribution in [0.25, 0.3) is 0 Å². The Hall–Kier alpha value is -2.09. The molecule has 0 fully saturated rings. The van der Waals surface area contributed by atoms with E-state index in [2.05, 4.69) is 5.32 Å². The Morgan fingerprint density at radius 2 is 1.86 bits per heavy atom. The third-order valence-corrected chi connectivity index (χ3v) is 2.58. The van der Waals surface area contributed by atoms with E-state index >= 15 is 0 Å². The van der Waals surface area contributed by atoms with Gasteiger partial charge in [-0.2, -0.15) is 13.2 Å². The first-order valence-electron chi connectivity index (χ1n) is 6.15. The monoisotopic (exact) mass is 304 g/mol. The molecule has 0 aliphatic carbocycles. The van der Waals surface area contributed by atoms with Gasteiger partial charge in [-0.15, -0.1) is 0 Å². The number of carboxylic acids is 1. The minimum absolute atomic E-state index is 0.141. The highest BCUT2D eigenvalue weighted by atomic mass is 19.4. The molecule has 0 atom stereocenters. The second kappa shape index (κ2) is 7.63. The Morgan fingerprint density at radius 1 is 1.19 bits per heavy atom. The van der Waals surface area contributed by atoms with Gasteiger partial charge in [0, 0.05) is 6.54 Å². The summed E-state index contributed by atoms with van der Waals surface area (Å²) < 4.78 is 35.5. The first-order valence-corrected chi connectivity index (χ1v) is 6.15. The van der Waals surface area contributed by atoms with Gasteiger partial charge in [-0.1, -0.05) is 18.2 Å². The van der Waals surface area contributed by atoms with E-state index in [1.54, 1.807) is 18.2 Å². The molecule has 3 N–H and O–H groups in total. The molecular formula is C13H15F3N2O3. The zero-order chi connectivity index (χ0) is 15.9. The molecule has 0 radical (unpaired) electrons. The number of benzene rings is 1. The molecule has 0 saturated carbocycles. The third kappa shape index (κ3) is 6.75. The van der Waals surface area contributed by atoms with E-state index in [1.807, 2.05) is 5.32 Å². The number of alkyl halides is 3. The Balaban J connectivity index is 2.34. The fourth-order valence-electron chi connectivity index (χ4n) is 1.66. The number of hydrogen-bond donors (Lipinski definition) is 3. The van der Waals surface area contributed by atoms with Crippen LogP contribution in [0.2, 0.25) is 0 Å². The van der Waals surface area contributed by atoms with Crippen molar-refractivity contribution in [3.63, 3.8) is 0 Å². The molecule has 21 heavy (non-hydrogen) atoms. The van der Waals surface area contributed by atoms with Crippen molar-refractivity contribution in [2.45, 2.75) is 12.6 Å². The average molecular weight is 304 g/mol. The lowest BCUT2D eigenvalue weighted by atomic mass is 10.0. The lowest BCUT2D eigenvalue weighted by Crippen LogP contribution is -2.38. The number of aromatic carboxylic acids is 1. The number of carbonyl (C=O) groups is 2. The van der Waals surface area contributed by atoms with Crippen LogP contribution in [-0.4, -0.2) is 42.8 Å². The average Bonchev–Trinajstić information content (AvgIpc) is 2.37. The standard InChI is InChI=1S/C13H15F3N2O3/c14-13(15,16)8-17-7-11(19)18-6-5-9-3-1-2-4-10(9)12(20)21/h1-4,17H,5-8H2,(H,18,19)(H,20,21). The smallest absolute Gasteiger partial charge is 0.401 e. The fraction of sp³-hybridized carbons (Fsp3) is 0.385. The van der Waals surface area contributed by atoms with Gasteiger partial charge in [0.1, 0.15) is 0 Å². The Labute approximate surface area is 119 Å². The van der Waals surface area contributed by atoms with E-state index in [9.17, 15) is 22.8 Å². The van der Waals surface area contributed by atoms with E-state index in [0.717, 1.165) is 0 Å². The van der Waals surface area contributed by atoms with Crippen molar-refractivity contribution in [3.05, 3.63) is 35.4 Å².